The van der Waals surface area contributed by atoms with E-state index in [4.69, 9.17) is 0 Å². The maximum atomic E-state index is 12.8. The zero-order valence-electron chi connectivity index (χ0n) is 12.3. The Kier molecular flexibility index (Phi) is 3.33. The fraction of sp³-hybridized carbons (Fsp3) is 0.267. The molecule has 0 N–H and O–H groups in total. The molecule has 0 fully saturated rings. The van der Waals surface area contributed by atoms with Crippen molar-refractivity contribution in [3.05, 3.63) is 52.4 Å². The van der Waals surface area contributed by atoms with Crippen LogP contribution in [0.2, 0.25) is 0 Å². The molecule has 0 bridgehead atoms. The van der Waals surface area contributed by atoms with Crippen molar-refractivity contribution >= 4 is 27.5 Å². The standard InChI is InChI=1S/C15H13BrN6O/c1-9-11-6-17-8-19-12(11)2-3-21(9)15(23)13-4-14-18-5-10(16)7-22(14)20-13/h4-9H,2-3H2,1H3. The van der Waals surface area contributed by atoms with Gasteiger partial charge in [-0.2, -0.15) is 5.10 Å². The molecule has 0 saturated heterocycles. The van der Waals surface area contributed by atoms with Crippen LogP contribution in [-0.2, 0) is 6.42 Å². The molecule has 1 aliphatic heterocycles. The van der Waals surface area contributed by atoms with Gasteiger partial charge in [-0.3, -0.25) is 4.79 Å². The number of nitrogens with zero attached hydrogens (tertiary/aromatic N) is 6. The fourth-order valence-corrected chi connectivity index (χ4v) is 3.19. The minimum absolute atomic E-state index is 0.0723. The highest BCUT2D eigenvalue weighted by molar-refractivity contribution is 9.10. The Morgan fingerprint density at radius 3 is 3.09 bits per heavy atom. The van der Waals surface area contributed by atoms with Gasteiger partial charge in [0.25, 0.3) is 5.91 Å². The van der Waals surface area contributed by atoms with Gasteiger partial charge in [0.05, 0.1) is 16.2 Å². The normalized spacial score (nSPS) is 17.3. The molecule has 0 aliphatic carbocycles. The van der Waals surface area contributed by atoms with Crippen molar-refractivity contribution in [1.29, 1.82) is 0 Å². The molecule has 1 unspecified atom stereocenters. The molecule has 8 heteroatoms. The molecule has 1 aliphatic rings. The smallest absolute Gasteiger partial charge is 0.274 e. The van der Waals surface area contributed by atoms with Crippen LogP contribution in [0.4, 0.5) is 0 Å². The molecule has 0 aromatic carbocycles. The minimum Gasteiger partial charge on any atom is -0.330 e. The van der Waals surface area contributed by atoms with Crippen molar-refractivity contribution in [2.45, 2.75) is 19.4 Å². The highest BCUT2D eigenvalue weighted by atomic mass is 79.9. The molecule has 0 saturated carbocycles. The lowest BCUT2D eigenvalue weighted by molar-refractivity contribution is 0.0669. The Morgan fingerprint density at radius 1 is 1.35 bits per heavy atom. The first kappa shape index (κ1) is 14.3. The quantitative estimate of drug-likeness (QED) is 0.653. The molecule has 116 valence electrons. The van der Waals surface area contributed by atoms with Gasteiger partial charge >= 0.3 is 0 Å². The van der Waals surface area contributed by atoms with Crippen molar-refractivity contribution in [3.63, 3.8) is 0 Å². The SMILES string of the molecule is CC1c2cncnc2CCN1C(=O)c1cc2ncc(Br)cn2n1. The van der Waals surface area contributed by atoms with Gasteiger partial charge in [-0.15, -0.1) is 0 Å². The first-order valence-corrected chi connectivity index (χ1v) is 8.03. The van der Waals surface area contributed by atoms with Gasteiger partial charge in [0.15, 0.2) is 11.3 Å². The molecule has 4 heterocycles. The molecule has 1 amide bonds. The lowest BCUT2D eigenvalue weighted by Gasteiger charge is -2.33. The van der Waals surface area contributed by atoms with Crippen LogP contribution in [0, 0.1) is 0 Å². The van der Waals surface area contributed by atoms with Crippen molar-refractivity contribution in [2.75, 3.05) is 6.54 Å². The number of halogens is 1. The van der Waals surface area contributed by atoms with Gasteiger partial charge in [0.2, 0.25) is 0 Å². The van der Waals surface area contributed by atoms with E-state index in [1.165, 1.54) is 0 Å². The second-order valence-corrected chi connectivity index (χ2v) is 6.37. The Labute approximate surface area is 140 Å². The van der Waals surface area contributed by atoms with E-state index in [9.17, 15) is 4.79 Å². The molecule has 3 aromatic heterocycles. The van der Waals surface area contributed by atoms with Crippen LogP contribution in [-0.4, -0.2) is 41.9 Å². The lowest BCUT2D eigenvalue weighted by Crippen LogP contribution is -2.39. The van der Waals surface area contributed by atoms with E-state index in [0.717, 1.165) is 22.2 Å². The Morgan fingerprint density at radius 2 is 2.22 bits per heavy atom. The van der Waals surface area contributed by atoms with Crippen LogP contribution in [0.3, 0.4) is 0 Å². The number of fused-ring (bicyclic) bond motifs is 2. The van der Waals surface area contributed by atoms with E-state index in [2.05, 4.69) is 36.0 Å². The number of carbonyl (C=O) groups is 1. The maximum Gasteiger partial charge on any atom is 0.274 e. The molecule has 4 rings (SSSR count). The summed E-state index contributed by atoms with van der Waals surface area (Å²) in [5.41, 5.74) is 3.04. The van der Waals surface area contributed by atoms with Crippen LogP contribution >= 0.6 is 15.9 Å². The number of hydrogen-bond donors (Lipinski definition) is 0. The van der Waals surface area contributed by atoms with Crippen molar-refractivity contribution in [2.24, 2.45) is 0 Å². The third-order valence-electron chi connectivity index (χ3n) is 4.10. The second-order valence-electron chi connectivity index (χ2n) is 5.45. The first-order chi connectivity index (χ1) is 11.1. The second kappa shape index (κ2) is 5.38. The average Bonchev–Trinajstić information content (AvgIpc) is 2.98. The van der Waals surface area contributed by atoms with Crippen molar-refractivity contribution in [1.82, 2.24) is 29.5 Å². The van der Waals surface area contributed by atoms with E-state index in [0.29, 0.717) is 17.9 Å². The minimum atomic E-state index is -0.103. The predicted octanol–water partition coefficient (Wildman–Crippen LogP) is 2.04. The maximum absolute atomic E-state index is 12.8. The molecule has 1 atom stereocenters. The zero-order valence-corrected chi connectivity index (χ0v) is 13.9. The zero-order chi connectivity index (χ0) is 16.0. The van der Waals surface area contributed by atoms with E-state index in [-0.39, 0.29) is 11.9 Å². The van der Waals surface area contributed by atoms with Gasteiger partial charge in [0.1, 0.15) is 6.33 Å². The summed E-state index contributed by atoms with van der Waals surface area (Å²) in [6.07, 6.45) is 7.53. The summed E-state index contributed by atoms with van der Waals surface area (Å²) in [6, 6.07) is 1.63. The van der Waals surface area contributed by atoms with Gasteiger partial charge in [-0.05, 0) is 22.9 Å². The summed E-state index contributed by atoms with van der Waals surface area (Å²) in [6.45, 7) is 2.61. The van der Waals surface area contributed by atoms with Crippen molar-refractivity contribution < 1.29 is 4.79 Å². The topological polar surface area (TPSA) is 76.3 Å². The highest BCUT2D eigenvalue weighted by Gasteiger charge is 2.30. The molecule has 0 radical (unpaired) electrons. The van der Waals surface area contributed by atoms with Gasteiger partial charge < -0.3 is 4.90 Å². The lowest BCUT2D eigenvalue weighted by atomic mass is 9.99. The molecular formula is C15H13BrN6O. The number of hydrogen-bond acceptors (Lipinski definition) is 5. The predicted molar refractivity (Wildman–Crippen MR) is 85.9 cm³/mol. The van der Waals surface area contributed by atoms with E-state index in [1.807, 2.05) is 11.8 Å². The molecule has 23 heavy (non-hydrogen) atoms. The van der Waals surface area contributed by atoms with Crippen LogP contribution in [0.25, 0.3) is 5.65 Å². The van der Waals surface area contributed by atoms with Crippen LogP contribution in [0.15, 0.2) is 35.5 Å². The summed E-state index contributed by atoms with van der Waals surface area (Å²) in [5, 5.41) is 4.34. The van der Waals surface area contributed by atoms with Gasteiger partial charge in [-0.1, -0.05) is 0 Å². The third kappa shape index (κ3) is 2.39. The Balaban J connectivity index is 1.68. The Bertz CT molecular complexity index is 908. The summed E-state index contributed by atoms with van der Waals surface area (Å²) in [7, 11) is 0. The molecular weight excluding hydrogens is 360 g/mol. The number of amides is 1. The van der Waals surface area contributed by atoms with E-state index >= 15 is 0 Å². The van der Waals surface area contributed by atoms with E-state index < -0.39 is 0 Å². The molecule has 0 spiro atoms. The van der Waals surface area contributed by atoms with Crippen LogP contribution in [0.1, 0.15) is 34.7 Å². The van der Waals surface area contributed by atoms with Crippen LogP contribution < -0.4 is 0 Å². The fourth-order valence-electron chi connectivity index (χ4n) is 2.89. The van der Waals surface area contributed by atoms with Crippen LogP contribution in [0.5, 0.6) is 0 Å². The van der Waals surface area contributed by atoms with E-state index in [1.54, 1.807) is 35.5 Å². The number of aromatic nitrogens is 5. The average molecular weight is 373 g/mol. The summed E-state index contributed by atoms with van der Waals surface area (Å²) >= 11 is 3.35. The largest absolute Gasteiger partial charge is 0.330 e. The Hall–Kier alpha value is -2.35. The third-order valence-corrected chi connectivity index (χ3v) is 4.51. The number of carbonyl (C=O) groups excluding carboxylic acids is 1. The summed E-state index contributed by atoms with van der Waals surface area (Å²) < 4.78 is 2.41. The summed E-state index contributed by atoms with van der Waals surface area (Å²) in [4.78, 5) is 27.3. The summed E-state index contributed by atoms with van der Waals surface area (Å²) in [5.74, 6) is -0.103. The first-order valence-electron chi connectivity index (χ1n) is 7.24. The number of rotatable bonds is 1. The molecule has 7 nitrogen and oxygen atoms in total. The molecule has 3 aromatic rings. The monoisotopic (exact) mass is 372 g/mol. The highest BCUT2D eigenvalue weighted by Crippen LogP contribution is 2.28. The van der Waals surface area contributed by atoms with Gasteiger partial charge in [0, 0.05) is 43.2 Å². The van der Waals surface area contributed by atoms with Gasteiger partial charge in [-0.25, -0.2) is 19.5 Å². The van der Waals surface area contributed by atoms with Crippen molar-refractivity contribution in [3.8, 4) is 0 Å².